The highest BCUT2D eigenvalue weighted by atomic mass is 35.5. The fourth-order valence-corrected chi connectivity index (χ4v) is 3.30. The Balaban J connectivity index is 1.55. The Kier molecular flexibility index (Phi) is 5.84. The van der Waals surface area contributed by atoms with Crippen molar-refractivity contribution in [3.63, 3.8) is 0 Å². The largest absolute Gasteiger partial charge is 0.342 e. The Morgan fingerprint density at radius 3 is 2.62 bits per heavy atom. The first kappa shape index (κ1) is 18.7. The van der Waals surface area contributed by atoms with Gasteiger partial charge in [-0.1, -0.05) is 41.4 Å². The number of amides is 2. The lowest BCUT2D eigenvalue weighted by Gasteiger charge is -2.16. The fourth-order valence-electron chi connectivity index (χ4n) is 2.99. The van der Waals surface area contributed by atoms with Crippen molar-refractivity contribution in [2.24, 2.45) is 5.92 Å². The summed E-state index contributed by atoms with van der Waals surface area (Å²) in [5.74, 6) is -0.471. The summed E-state index contributed by atoms with van der Waals surface area (Å²) in [7, 11) is 0. The number of nitrogens with one attached hydrogen (secondary N) is 1. The molecule has 0 bridgehead atoms. The summed E-state index contributed by atoms with van der Waals surface area (Å²) in [5, 5.41) is 4.16. The van der Waals surface area contributed by atoms with Gasteiger partial charge in [-0.25, -0.2) is 0 Å². The van der Waals surface area contributed by atoms with Crippen LogP contribution in [0.5, 0.6) is 0 Å². The van der Waals surface area contributed by atoms with Crippen molar-refractivity contribution in [2.75, 3.05) is 18.4 Å². The van der Waals surface area contributed by atoms with Crippen LogP contribution in [0.1, 0.15) is 17.5 Å². The maximum Gasteiger partial charge on any atom is 0.229 e. The molecule has 1 heterocycles. The number of carbonyl (C=O) groups excluding carboxylic acids is 2. The predicted octanol–water partition coefficient (Wildman–Crippen LogP) is 4.33. The summed E-state index contributed by atoms with van der Waals surface area (Å²) in [6.45, 7) is 2.95. The van der Waals surface area contributed by atoms with E-state index in [2.05, 4.69) is 5.32 Å². The number of benzene rings is 2. The first-order valence-corrected chi connectivity index (χ1v) is 9.27. The molecule has 0 spiro atoms. The first-order chi connectivity index (χ1) is 12.4. The third-order valence-corrected chi connectivity index (χ3v) is 5.27. The normalized spacial score (nSPS) is 16.8. The Hall–Kier alpha value is -2.04. The number of hydrogen-bond donors (Lipinski definition) is 1. The average molecular weight is 391 g/mol. The topological polar surface area (TPSA) is 49.4 Å². The summed E-state index contributed by atoms with van der Waals surface area (Å²) in [6, 6.07) is 13.0. The van der Waals surface area contributed by atoms with Gasteiger partial charge in [-0.05, 0) is 48.7 Å². The zero-order valence-corrected chi connectivity index (χ0v) is 16.0. The third-order valence-electron chi connectivity index (χ3n) is 4.61. The van der Waals surface area contributed by atoms with Gasteiger partial charge in [-0.15, -0.1) is 0 Å². The molecule has 1 aliphatic rings. The van der Waals surface area contributed by atoms with Crippen molar-refractivity contribution in [1.82, 2.24) is 4.90 Å². The minimum atomic E-state index is -0.340. The lowest BCUT2D eigenvalue weighted by atomic mass is 10.1. The molecule has 1 unspecified atom stereocenters. The van der Waals surface area contributed by atoms with E-state index >= 15 is 0 Å². The van der Waals surface area contributed by atoms with E-state index in [4.69, 9.17) is 23.2 Å². The van der Waals surface area contributed by atoms with Crippen LogP contribution in [0.15, 0.2) is 42.5 Å². The first-order valence-electron chi connectivity index (χ1n) is 8.51. The van der Waals surface area contributed by atoms with Gasteiger partial charge >= 0.3 is 0 Å². The molecule has 2 amide bonds. The highest BCUT2D eigenvalue weighted by Crippen LogP contribution is 2.23. The molecule has 1 atom stereocenters. The number of hydrogen-bond acceptors (Lipinski definition) is 2. The van der Waals surface area contributed by atoms with Crippen molar-refractivity contribution in [3.8, 4) is 0 Å². The Morgan fingerprint density at radius 1 is 1.19 bits per heavy atom. The lowest BCUT2D eigenvalue weighted by molar-refractivity contribution is -0.128. The van der Waals surface area contributed by atoms with Gasteiger partial charge in [0.25, 0.3) is 0 Å². The van der Waals surface area contributed by atoms with Gasteiger partial charge < -0.3 is 10.2 Å². The van der Waals surface area contributed by atoms with E-state index in [0.717, 1.165) is 17.5 Å². The monoisotopic (exact) mass is 390 g/mol. The Morgan fingerprint density at radius 2 is 1.92 bits per heavy atom. The molecular weight excluding hydrogens is 371 g/mol. The maximum atomic E-state index is 12.5. The summed E-state index contributed by atoms with van der Waals surface area (Å²) in [4.78, 5) is 26.4. The van der Waals surface area contributed by atoms with Gasteiger partial charge in [0.2, 0.25) is 11.8 Å². The maximum absolute atomic E-state index is 12.5. The fraction of sp³-hybridized carbons (Fsp3) is 0.300. The Bertz CT molecular complexity index is 821. The van der Waals surface area contributed by atoms with E-state index in [1.165, 1.54) is 0 Å². The molecule has 4 nitrogen and oxygen atoms in total. The van der Waals surface area contributed by atoms with Crippen LogP contribution in [0, 0.1) is 12.8 Å². The molecule has 2 aromatic rings. The molecule has 26 heavy (non-hydrogen) atoms. The molecule has 0 saturated carbocycles. The molecule has 6 heteroatoms. The second-order valence-corrected chi connectivity index (χ2v) is 7.41. The lowest BCUT2D eigenvalue weighted by Crippen LogP contribution is -2.30. The molecule has 0 aromatic heterocycles. The van der Waals surface area contributed by atoms with Crippen LogP contribution in [-0.2, 0) is 16.0 Å². The highest BCUT2D eigenvalue weighted by molar-refractivity contribution is 6.31. The third kappa shape index (κ3) is 4.57. The van der Waals surface area contributed by atoms with Crippen LogP contribution < -0.4 is 5.32 Å². The molecule has 3 rings (SSSR count). The van der Waals surface area contributed by atoms with Gasteiger partial charge in [-0.3, -0.25) is 9.59 Å². The Labute approximate surface area is 163 Å². The summed E-state index contributed by atoms with van der Waals surface area (Å²) < 4.78 is 0. The summed E-state index contributed by atoms with van der Waals surface area (Å²) in [6.07, 6.45) is 0.983. The quantitative estimate of drug-likeness (QED) is 0.825. The summed E-state index contributed by atoms with van der Waals surface area (Å²) >= 11 is 12.0. The number of aryl methyl sites for hydroxylation is 1. The number of likely N-dealkylation sites (tertiary alicyclic amines) is 1. The van der Waals surface area contributed by atoms with E-state index in [1.54, 1.807) is 11.0 Å². The second kappa shape index (κ2) is 8.11. The minimum absolute atomic E-state index is 0.0149. The minimum Gasteiger partial charge on any atom is -0.342 e. The van der Waals surface area contributed by atoms with Gasteiger partial charge in [-0.2, -0.15) is 0 Å². The van der Waals surface area contributed by atoms with Crippen LogP contribution >= 0.6 is 23.2 Å². The van der Waals surface area contributed by atoms with Crippen LogP contribution in [-0.4, -0.2) is 29.8 Å². The standard InChI is InChI=1S/C20H20Cl2N2O2/c1-13-2-7-17(11-18(13)22)23-20(26)15-10-19(25)24(12-15)9-8-14-3-5-16(21)6-4-14/h2-7,11,15H,8-10,12H2,1H3,(H,23,26). The molecule has 1 fully saturated rings. The zero-order valence-electron chi connectivity index (χ0n) is 14.5. The SMILES string of the molecule is Cc1ccc(NC(=O)C2CC(=O)N(CCc3ccc(Cl)cc3)C2)cc1Cl. The molecule has 2 aromatic carbocycles. The van der Waals surface area contributed by atoms with Crippen LogP contribution in [0.3, 0.4) is 0 Å². The van der Waals surface area contributed by atoms with Crippen molar-refractivity contribution >= 4 is 40.7 Å². The average Bonchev–Trinajstić information content (AvgIpc) is 2.99. The molecule has 0 radical (unpaired) electrons. The van der Waals surface area contributed by atoms with Crippen molar-refractivity contribution in [3.05, 3.63) is 63.6 Å². The number of nitrogens with zero attached hydrogens (tertiary/aromatic N) is 1. The predicted molar refractivity (Wildman–Crippen MR) is 105 cm³/mol. The van der Waals surface area contributed by atoms with Crippen molar-refractivity contribution < 1.29 is 9.59 Å². The van der Waals surface area contributed by atoms with Gasteiger partial charge in [0.05, 0.1) is 5.92 Å². The molecule has 1 saturated heterocycles. The van der Waals surface area contributed by atoms with E-state index in [1.807, 2.05) is 43.3 Å². The van der Waals surface area contributed by atoms with E-state index in [9.17, 15) is 9.59 Å². The summed E-state index contributed by atoms with van der Waals surface area (Å²) in [5.41, 5.74) is 2.72. The van der Waals surface area contributed by atoms with Gasteiger partial charge in [0.1, 0.15) is 0 Å². The van der Waals surface area contributed by atoms with E-state index < -0.39 is 0 Å². The van der Waals surface area contributed by atoms with Gasteiger partial charge in [0, 0.05) is 35.2 Å². The van der Waals surface area contributed by atoms with Crippen LogP contribution in [0.4, 0.5) is 5.69 Å². The van der Waals surface area contributed by atoms with Crippen molar-refractivity contribution in [2.45, 2.75) is 19.8 Å². The van der Waals surface area contributed by atoms with Crippen LogP contribution in [0.25, 0.3) is 0 Å². The molecule has 1 aliphatic heterocycles. The molecule has 136 valence electrons. The van der Waals surface area contributed by atoms with E-state index in [-0.39, 0.29) is 24.2 Å². The molecule has 1 N–H and O–H groups in total. The molecule has 0 aliphatic carbocycles. The van der Waals surface area contributed by atoms with Crippen LogP contribution in [0.2, 0.25) is 10.0 Å². The zero-order chi connectivity index (χ0) is 18.7. The number of anilines is 1. The number of rotatable bonds is 5. The highest BCUT2D eigenvalue weighted by Gasteiger charge is 2.34. The van der Waals surface area contributed by atoms with Gasteiger partial charge in [0.15, 0.2) is 0 Å². The molecular formula is C20H20Cl2N2O2. The number of carbonyl (C=O) groups is 2. The van der Waals surface area contributed by atoms with E-state index in [0.29, 0.717) is 28.8 Å². The number of halogens is 2. The van der Waals surface area contributed by atoms with Crippen molar-refractivity contribution in [1.29, 1.82) is 0 Å². The second-order valence-electron chi connectivity index (χ2n) is 6.57. The smallest absolute Gasteiger partial charge is 0.229 e.